The lowest BCUT2D eigenvalue weighted by atomic mass is 10.2. The molecule has 0 aliphatic heterocycles. The molecule has 1 N–H and O–H groups in total. The average Bonchev–Trinajstić information content (AvgIpc) is 3.09. The SMILES string of the molecule is C[C@@H](NC(=O)COC(=O)CCSc1ccc(Cl)cc1)c1ccco1. The van der Waals surface area contributed by atoms with Crippen LogP contribution >= 0.6 is 23.4 Å². The first-order valence-electron chi connectivity index (χ1n) is 7.41. The predicted molar refractivity (Wildman–Crippen MR) is 93.0 cm³/mol. The second-order valence-corrected chi connectivity index (χ2v) is 6.62. The van der Waals surface area contributed by atoms with Gasteiger partial charge in [-0.25, -0.2) is 0 Å². The minimum absolute atomic E-state index is 0.230. The highest BCUT2D eigenvalue weighted by atomic mass is 35.5. The van der Waals surface area contributed by atoms with E-state index in [0.717, 1.165) is 4.90 Å². The molecule has 5 nitrogen and oxygen atoms in total. The van der Waals surface area contributed by atoms with E-state index >= 15 is 0 Å². The third-order valence-corrected chi connectivity index (χ3v) is 4.37. The van der Waals surface area contributed by atoms with Crippen molar-refractivity contribution in [3.05, 3.63) is 53.4 Å². The molecule has 0 radical (unpaired) electrons. The molecule has 0 aliphatic carbocycles. The van der Waals surface area contributed by atoms with E-state index in [9.17, 15) is 9.59 Å². The van der Waals surface area contributed by atoms with Crippen molar-refractivity contribution in [1.82, 2.24) is 5.32 Å². The van der Waals surface area contributed by atoms with Crippen molar-refractivity contribution < 1.29 is 18.7 Å². The van der Waals surface area contributed by atoms with Crippen LogP contribution in [-0.4, -0.2) is 24.2 Å². The number of rotatable bonds is 8. The van der Waals surface area contributed by atoms with Crippen LogP contribution in [0.1, 0.15) is 25.1 Å². The maximum Gasteiger partial charge on any atom is 0.307 e. The maximum absolute atomic E-state index is 11.7. The zero-order chi connectivity index (χ0) is 17.4. The summed E-state index contributed by atoms with van der Waals surface area (Å²) >= 11 is 7.34. The molecule has 1 heterocycles. The molecule has 24 heavy (non-hydrogen) atoms. The summed E-state index contributed by atoms with van der Waals surface area (Å²) in [4.78, 5) is 24.4. The third-order valence-electron chi connectivity index (χ3n) is 3.10. The summed E-state index contributed by atoms with van der Waals surface area (Å²) in [5.74, 6) is 0.453. The number of carbonyl (C=O) groups excluding carboxylic acids is 2. The van der Waals surface area contributed by atoms with Crippen LogP contribution in [0.4, 0.5) is 0 Å². The van der Waals surface area contributed by atoms with Crippen LogP contribution in [0.15, 0.2) is 52.0 Å². The number of thioether (sulfide) groups is 1. The molecule has 0 saturated carbocycles. The fraction of sp³-hybridized carbons (Fsp3) is 0.294. The molecule has 1 aromatic carbocycles. The quantitative estimate of drug-likeness (QED) is 0.567. The Hall–Kier alpha value is -1.92. The second kappa shape index (κ2) is 9.39. The van der Waals surface area contributed by atoms with Crippen LogP contribution < -0.4 is 5.32 Å². The molecule has 128 valence electrons. The zero-order valence-corrected chi connectivity index (χ0v) is 14.7. The summed E-state index contributed by atoms with van der Waals surface area (Å²) in [6, 6.07) is 10.6. The van der Waals surface area contributed by atoms with E-state index in [-0.39, 0.29) is 25.0 Å². The Kier molecular flexibility index (Phi) is 7.21. The third kappa shape index (κ3) is 6.29. The lowest BCUT2D eigenvalue weighted by molar-refractivity contribution is -0.148. The lowest BCUT2D eigenvalue weighted by Gasteiger charge is -2.11. The number of nitrogens with one attached hydrogen (secondary N) is 1. The number of furan rings is 1. The maximum atomic E-state index is 11.7. The Bertz CT molecular complexity index is 658. The highest BCUT2D eigenvalue weighted by molar-refractivity contribution is 7.99. The number of amides is 1. The van der Waals surface area contributed by atoms with Gasteiger partial charge in [-0.05, 0) is 43.3 Å². The molecule has 1 aromatic heterocycles. The summed E-state index contributed by atoms with van der Waals surface area (Å²) in [6.45, 7) is 1.50. The van der Waals surface area contributed by atoms with E-state index in [0.29, 0.717) is 16.5 Å². The van der Waals surface area contributed by atoms with Crippen molar-refractivity contribution in [3.63, 3.8) is 0 Å². The fourth-order valence-electron chi connectivity index (χ4n) is 1.89. The minimum Gasteiger partial charge on any atom is -0.467 e. The van der Waals surface area contributed by atoms with Gasteiger partial charge < -0.3 is 14.5 Å². The van der Waals surface area contributed by atoms with Gasteiger partial charge in [-0.15, -0.1) is 11.8 Å². The van der Waals surface area contributed by atoms with Gasteiger partial charge in [0.25, 0.3) is 5.91 Å². The topological polar surface area (TPSA) is 68.5 Å². The van der Waals surface area contributed by atoms with Crippen LogP contribution in [0.5, 0.6) is 0 Å². The Morgan fingerprint density at radius 2 is 2.04 bits per heavy atom. The van der Waals surface area contributed by atoms with Gasteiger partial charge in [0, 0.05) is 15.7 Å². The molecule has 2 aromatic rings. The summed E-state index contributed by atoms with van der Waals surface area (Å²) in [5.41, 5.74) is 0. The monoisotopic (exact) mass is 367 g/mol. The first-order chi connectivity index (χ1) is 11.5. The molecule has 7 heteroatoms. The van der Waals surface area contributed by atoms with E-state index < -0.39 is 5.97 Å². The fourth-order valence-corrected chi connectivity index (χ4v) is 2.85. The van der Waals surface area contributed by atoms with Crippen molar-refractivity contribution >= 4 is 35.2 Å². The van der Waals surface area contributed by atoms with Crippen molar-refractivity contribution in [2.24, 2.45) is 0 Å². The van der Waals surface area contributed by atoms with Crippen LogP contribution in [0.3, 0.4) is 0 Å². The van der Waals surface area contributed by atoms with Crippen molar-refractivity contribution in [2.75, 3.05) is 12.4 Å². The first kappa shape index (κ1) is 18.4. The van der Waals surface area contributed by atoms with E-state index in [1.54, 1.807) is 31.2 Å². The normalized spacial score (nSPS) is 11.8. The summed E-state index contributed by atoms with van der Waals surface area (Å²) in [7, 11) is 0. The first-order valence-corrected chi connectivity index (χ1v) is 8.77. The van der Waals surface area contributed by atoms with Gasteiger partial charge in [-0.1, -0.05) is 11.6 Å². The number of hydrogen-bond acceptors (Lipinski definition) is 5. The molecule has 1 amide bonds. The van der Waals surface area contributed by atoms with Gasteiger partial charge >= 0.3 is 5.97 Å². The molecule has 2 rings (SSSR count). The Labute approximate surface area is 149 Å². The van der Waals surface area contributed by atoms with Crippen LogP contribution in [-0.2, 0) is 14.3 Å². The number of hydrogen-bond donors (Lipinski definition) is 1. The number of halogens is 1. The highest BCUT2D eigenvalue weighted by Gasteiger charge is 2.13. The zero-order valence-electron chi connectivity index (χ0n) is 13.2. The largest absolute Gasteiger partial charge is 0.467 e. The summed E-state index contributed by atoms with van der Waals surface area (Å²) in [5, 5.41) is 3.37. The number of carbonyl (C=O) groups is 2. The van der Waals surface area contributed by atoms with Crippen LogP contribution in [0.25, 0.3) is 0 Å². The molecule has 0 saturated heterocycles. The number of ether oxygens (including phenoxy) is 1. The molecular formula is C17H18ClNO4S. The Balaban J connectivity index is 1.62. The smallest absolute Gasteiger partial charge is 0.307 e. The van der Waals surface area contributed by atoms with Crippen molar-refractivity contribution in [3.8, 4) is 0 Å². The molecule has 1 atom stereocenters. The van der Waals surface area contributed by atoms with E-state index in [4.69, 9.17) is 20.8 Å². The molecule has 0 aliphatic rings. The standard InChI is InChI=1S/C17H18ClNO4S/c1-12(15-3-2-9-22-15)19-16(20)11-23-17(21)8-10-24-14-6-4-13(18)5-7-14/h2-7,9,12H,8,10-11H2,1H3,(H,19,20)/t12-/m1/s1. The van der Waals surface area contributed by atoms with Gasteiger partial charge in [0.15, 0.2) is 6.61 Å². The van der Waals surface area contributed by atoms with Gasteiger partial charge in [0.1, 0.15) is 5.76 Å². The van der Waals surface area contributed by atoms with E-state index in [1.807, 2.05) is 12.1 Å². The number of esters is 1. The van der Waals surface area contributed by atoms with Crippen LogP contribution in [0, 0.1) is 0 Å². The molecule has 0 bridgehead atoms. The average molecular weight is 368 g/mol. The molecule has 0 unspecified atom stereocenters. The van der Waals surface area contributed by atoms with Crippen LogP contribution in [0.2, 0.25) is 5.02 Å². The number of benzene rings is 1. The summed E-state index contributed by atoms with van der Waals surface area (Å²) in [6.07, 6.45) is 1.77. The van der Waals surface area contributed by atoms with Gasteiger partial charge in [-0.3, -0.25) is 9.59 Å². The minimum atomic E-state index is -0.405. The van der Waals surface area contributed by atoms with Crippen molar-refractivity contribution in [1.29, 1.82) is 0 Å². The van der Waals surface area contributed by atoms with E-state index in [2.05, 4.69) is 5.32 Å². The predicted octanol–water partition coefficient (Wildman–Crippen LogP) is 3.84. The lowest BCUT2D eigenvalue weighted by Crippen LogP contribution is -2.31. The van der Waals surface area contributed by atoms with Crippen molar-refractivity contribution in [2.45, 2.75) is 24.3 Å². The highest BCUT2D eigenvalue weighted by Crippen LogP contribution is 2.21. The van der Waals surface area contributed by atoms with Gasteiger partial charge in [0.05, 0.1) is 18.7 Å². The molecule has 0 fully saturated rings. The van der Waals surface area contributed by atoms with E-state index in [1.165, 1.54) is 18.0 Å². The van der Waals surface area contributed by atoms with Gasteiger partial charge in [-0.2, -0.15) is 0 Å². The van der Waals surface area contributed by atoms with Gasteiger partial charge in [0.2, 0.25) is 0 Å². The molecule has 0 spiro atoms. The Morgan fingerprint density at radius 1 is 1.29 bits per heavy atom. The summed E-state index contributed by atoms with van der Waals surface area (Å²) < 4.78 is 10.2. The second-order valence-electron chi connectivity index (χ2n) is 5.02. The molecular weight excluding hydrogens is 350 g/mol. The Morgan fingerprint density at radius 3 is 2.71 bits per heavy atom.